The number of amides is 2. The van der Waals surface area contributed by atoms with Gasteiger partial charge in [0.2, 0.25) is 5.91 Å². The Bertz CT molecular complexity index is 1020. The zero-order valence-electron chi connectivity index (χ0n) is 19.5. The number of aryl methyl sites for hydroxylation is 1. The number of rotatable bonds is 10. The van der Waals surface area contributed by atoms with Crippen LogP contribution in [0.1, 0.15) is 30.5 Å². The molecule has 3 aromatic carbocycles. The van der Waals surface area contributed by atoms with Crippen molar-refractivity contribution in [3.8, 4) is 5.75 Å². The summed E-state index contributed by atoms with van der Waals surface area (Å²) in [5, 5.41) is 2.99. The second-order valence-corrected chi connectivity index (χ2v) is 8.48. The lowest BCUT2D eigenvalue weighted by atomic mass is 10.0. The number of nitrogens with zero attached hydrogens (tertiary/aromatic N) is 1. The minimum absolute atomic E-state index is 0.0346. The maximum absolute atomic E-state index is 13.4. The molecule has 1 N–H and O–H groups in total. The zero-order chi connectivity index (χ0) is 23.6. The highest BCUT2D eigenvalue weighted by Crippen LogP contribution is 2.17. The van der Waals surface area contributed by atoms with Gasteiger partial charge in [0.15, 0.2) is 6.61 Å². The number of carbonyl (C=O) groups excluding carboxylic acids is 2. The van der Waals surface area contributed by atoms with Gasteiger partial charge in [-0.25, -0.2) is 0 Å². The molecule has 2 amide bonds. The van der Waals surface area contributed by atoms with Crippen LogP contribution in [-0.2, 0) is 22.6 Å². The van der Waals surface area contributed by atoms with Crippen molar-refractivity contribution in [2.45, 2.75) is 45.8 Å². The molecule has 3 aromatic rings. The summed E-state index contributed by atoms with van der Waals surface area (Å²) in [5.41, 5.74) is 3.10. The summed E-state index contributed by atoms with van der Waals surface area (Å²) in [6.07, 6.45) is 0.419. The summed E-state index contributed by atoms with van der Waals surface area (Å²) < 4.78 is 5.74. The highest BCUT2D eigenvalue weighted by atomic mass is 16.5. The van der Waals surface area contributed by atoms with Crippen LogP contribution in [0.25, 0.3) is 0 Å². The van der Waals surface area contributed by atoms with Gasteiger partial charge < -0.3 is 15.0 Å². The number of carbonyl (C=O) groups is 2. The summed E-state index contributed by atoms with van der Waals surface area (Å²) in [6.45, 7) is 6.04. The lowest BCUT2D eigenvalue weighted by Gasteiger charge is -2.32. The molecule has 0 spiro atoms. The van der Waals surface area contributed by atoms with E-state index in [1.54, 1.807) is 4.90 Å². The molecule has 5 nitrogen and oxygen atoms in total. The van der Waals surface area contributed by atoms with Gasteiger partial charge in [-0.15, -0.1) is 0 Å². The first-order chi connectivity index (χ1) is 15.9. The first-order valence-electron chi connectivity index (χ1n) is 11.3. The molecular weight excluding hydrogens is 412 g/mol. The molecule has 0 aliphatic carbocycles. The van der Waals surface area contributed by atoms with E-state index in [0.717, 1.165) is 16.7 Å². The normalized spacial score (nSPS) is 11.6. The van der Waals surface area contributed by atoms with Gasteiger partial charge in [0, 0.05) is 19.0 Å². The van der Waals surface area contributed by atoms with Crippen molar-refractivity contribution in [1.82, 2.24) is 10.2 Å². The van der Waals surface area contributed by atoms with Gasteiger partial charge in [-0.05, 0) is 44.0 Å². The number of para-hydroxylation sites is 1. The van der Waals surface area contributed by atoms with E-state index in [1.165, 1.54) is 0 Å². The standard InChI is InChI=1S/C28H32N2O3/c1-21(2)29-28(32)26(18-23-10-6-4-7-11-23)30(19-24-16-14-22(3)15-17-24)27(31)20-33-25-12-8-5-9-13-25/h4-17,21,26H,18-20H2,1-3H3,(H,29,32)/t26-/m1/s1. The first-order valence-corrected chi connectivity index (χ1v) is 11.3. The Morgan fingerprint density at radius 1 is 0.848 bits per heavy atom. The summed E-state index contributed by atoms with van der Waals surface area (Å²) in [7, 11) is 0. The average molecular weight is 445 g/mol. The van der Waals surface area contributed by atoms with Crippen LogP contribution in [0, 0.1) is 6.92 Å². The van der Waals surface area contributed by atoms with Crippen molar-refractivity contribution in [3.63, 3.8) is 0 Å². The third-order valence-electron chi connectivity index (χ3n) is 5.28. The number of hydrogen-bond donors (Lipinski definition) is 1. The summed E-state index contributed by atoms with van der Waals surface area (Å²) in [6, 6.07) is 26.3. The lowest BCUT2D eigenvalue weighted by Crippen LogP contribution is -2.52. The van der Waals surface area contributed by atoms with E-state index in [1.807, 2.05) is 106 Å². The van der Waals surface area contributed by atoms with Crippen molar-refractivity contribution >= 4 is 11.8 Å². The Morgan fingerprint density at radius 2 is 1.45 bits per heavy atom. The number of benzene rings is 3. The molecule has 3 rings (SSSR count). The van der Waals surface area contributed by atoms with Crippen LogP contribution in [0.5, 0.6) is 5.75 Å². The summed E-state index contributed by atoms with van der Waals surface area (Å²) in [5.74, 6) is 0.209. The zero-order valence-corrected chi connectivity index (χ0v) is 19.5. The van der Waals surface area contributed by atoms with E-state index < -0.39 is 6.04 Å². The second-order valence-electron chi connectivity index (χ2n) is 8.48. The molecule has 0 aliphatic rings. The highest BCUT2D eigenvalue weighted by molar-refractivity contribution is 5.88. The lowest BCUT2D eigenvalue weighted by molar-refractivity contribution is -0.143. The predicted molar refractivity (Wildman–Crippen MR) is 131 cm³/mol. The Hall–Kier alpha value is -3.60. The SMILES string of the molecule is Cc1ccc(CN(C(=O)COc2ccccc2)[C@H](Cc2ccccc2)C(=O)NC(C)C)cc1. The third-order valence-corrected chi connectivity index (χ3v) is 5.28. The molecule has 33 heavy (non-hydrogen) atoms. The monoisotopic (exact) mass is 444 g/mol. The summed E-state index contributed by atoms with van der Waals surface area (Å²) >= 11 is 0. The van der Waals surface area contributed by atoms with Crippen molar-refractivity contribution in [2.24, 2.45) is 0 Å². The van der Waals surface area contributed by atoms with Crippen molar-refractivity contribution in [2.75, 3.05) is 6.61 Å². The molecule has 0 saturated heterocycles. The van der Waals surface area contributed by atoms with Crippen LogP contribution in [-0.4, -0.2) is 35.4 Å². The van der Waals surface area contributed by atoms with E-state index in [0.29, 0.717) is 18.7 Å². The Labute approximate surface area is 196 Å². The van der Waals surface area contributed by atoms with E-state index in [4.69, 9.17) is 4.74 Å². The van der Waals surface area contributed by atoms with Crippen molar-refractivity contribution in [1.29, 1.82) is 0 Å². The smallest absolute Gasteiger partial charge is 0.261 e. The molecule has 0 aliphatic heterocycles. The molecule has 1 atom stereocenters. The van der Waals surface area contributed by atoms with Gasteiger partial charge in [-0.2, -0.15) is 0 Å². The molecule has 0 heterocycles. The van der Waals surface area contributed by atoms with Crippen LogP contribution in [0.2, 0.25) is 0 Å². The summed E-state index contributed by atoms with van der Waals surface area (Å²) in [4.78, 5) is 28.3. The van der Waals surface area contributed by atoms with Gasteiger partial charge in [-0.3, -0.25) is 9.59 Å². The van der Waals surface area contributed by atoms with Gasteiger partial charge in [0.1, 0.15) is 11.8 Å². The molecule has 0 aromatic heterocycles. The molecule has 0 bridgehead atoms. The highest BCUT2D eigenvalue weighted by Gasteiger charge is 2.31. The van der Waals surface area contributed by atoms with Crippen LogP contribution in [0.3, 0.4) is 0 Å². The number of hydrogen-bond acceptors (Lipinski definition) is 3. The Balaban J connectivity index is 1.89. The van der Waals surface area contributed by atoms with Gasteiger partial charge >= 0.3 is 0 Å². The second kappa shape index (κ2) is 11.9. The fourth-order valence-corrected chi connectivity index (χ4v) is 3.57. The fourth-order valence-electron chi connectivity index (χ4n) is 3.57. The average Bonchev–Trinajstić information content (AvgIpc) is 2.82. The van der Waals surface area contributed by atoms with Crippen LogP contribution in [0.4, 0.5) is 0 Å². The Morgan fingerprint density at radius 3 is 2.06 bits per heavy atom. The van der Waals surface area contributed by atoms with Gasteiger partial charge in [0.05, 0.1) is 0 Å². The van der Waals surface area contributed by atoms with Gasteiger partial charge in [-0.1, -0.05) is 78.4 Å². The molecule has 0 radical (unpaired) electrons. The predicted octanol–water partition coefficient (Wildman–Crippen LogP) is 4.54. The molecule has 172 valence electrons. The first kappa shape index (κ1) is 24.1. The van der Waals surface area contributed by atoms with Crippen molar-refractivity contribution < 1.29 is 14.3 Å². The van der Waals surface area contributed by atoms with E-state index in [9.17, 15) is 9.59 Å². The quantitative estimate of drug-likeness (QED) is 0.500. The number of ether oxygens (including phenoxy) is 1. The van der Waals surface area contributed by atoms with Gasteiger partial charge in [0.25, 0.3) is 5.91 Å². The fraction of sp³-hybridized carbons (Fsp3) is 0.286. The molecular formula is C28H32N2O3. The van der Waals surface area contributed by atoms with Crippen LogP contribution in [0.15, 0.2) is 84.9 Å². The van der Waals surface area contributed by atoms with Crippen LogP contribution >= 0.6 is 0 Å². The van der Waals surface area contributed by atoms with Crippen LogP contribution < -0.4 is 10.1 Å². The van der Waals surface area contributed by atoms with E-state index >= 15 is 0 Å². The molecule has 0 saturated carbocycles. The third kappa shape index (κ3) is 7.49. The minimum Gasteiger partial charge on any atom is -0.484 e. The Kier molecular flexibility index (Phi) is 8.64. The molecule has 0 unspecified atom stereocenters. The van der Waals surface area contributed by atoms with E-state index in [-0.39, 0.29) is 24.5 Å². The maximum atomic E-state index is 13.4. The topological polar surface area (TPSA) is 58.6 Å². The van der Waals surface area contributed by atoms with E-state index in [2.05, 4.69) is 5.32 Å². The largest absolute Gasteiger partial charge is 0.484 e. The molecule has 5 heteroatoms. The minimum atomic E-state index is -0.664. The van der Waals surface area contributed by atoms with Crippen molar-refractivity contribution in [3.05, 3.63) is 102 Å². The maximum Gasteiger partial charge on any atom is 0.261 e. The molecule has 0 fully saturated rings. The number of nitrogens with one attached hydrogen (secondary N) is 1.